The number of para-hydroxylation sites is 2. The molecule has 236 valence electrons. The lowest BCUT2D eigenvalue weighted by atomic mass is 9.95. The molecule has 1 N–H and O–H groups in total. The molecule has 44 heavy (non-hydrogen) atoms. The predicted molar refractivity (Wildman–Crippen MR) is 172 cm³/mol. The van der Waals surface area contributed by atoms with Gasteiger partial charge in [-0.2, -0.15) is 0 Å². The molecule has 0 aliphatic heterocycles. The average Bonchev–Trinajstić information content (AvgIpc) is 3.03. The first-order valence-corrected chi connectivity index (χ1v) is 17.5. The number of hydrogen-bond donors (Lipinski definition) is 1. The van der Waals surface area contributed by atoms with E-state index in [1.54, 1.807) is 68.4 Å². The summed E-state index contributed by atoms with van der Waals surface area (Å²) in [5, 5.41) is 3.05. The summed E-state index contributed by atoms with van der Waals surface area (Å²) in [5.74, 6) is -1.25. The van der Waals surface area contributed by atoms with E-state index >= 15 is 0 Å². The van der Waals surface area contributed by atoms with Crippen LogP contribution in [0.3, 0.4) is 0 Å². The highest BCUT2D eigenvalue weighted by Crippen LogP contribution is 2.33. The highest BCUT2D eigenvalue weighted by molar-refractivity contribution is 7.98. The van der Waals surface area contributed by atoms with E-state index in [1.807, 2.05) is 6.26 Å². The fourth-order valence-corrected chi connectivity index (χ4v) is 7.12. The third-order valence-corrected chi connectivity index (χ3v) is 10.3. The van der Waals surface area contributed by atoms with E-state index in [-0.39, 0.29) is 47.0 Å². The highest BCUT2D eigenvalue weighted by Gasteiger charge is 2.34. The third-order valence-electron chi connectivity index (χ3n) is 7.78. The molecule has 2 amide bonds. The van der Waals surface area contributed by atoms with Gasteiger partial charge in [-0.25, -0.2) is 12.8 Å². The van der Waals surface area contributed by atoms with Crippen molar-refractivity contribution in [2.24, 2.45) is 0 Å². The van der Waals surface area contributed by atoms with Gasteiger partial charge in [-0.05, 0) is 75.4 Å². The van der Waals surface area contributed by atoms with Gasteiger partial charge in [0.1, 0.15) is 24.2 Å². The maximum absolute atomic E-state index is 14.8. The number of hydrogen-bond acceptors (Lipinski definition) is 6. The molecule has 1 atom stereocenters. The monoisotopic (exact) mass is 641 g/mol. The molecular formula is C33H40FN3O5S2. The summed E-state index contributed by atoms with van der Waals surface area (Å²) in [7, 11) is -4.28. The Balaban J connectivity index is 1.72. The molecule has 3 aromatic carbocycles. The van der Waals surface area contributed by atoms with Crippen molar-refractivity contribution in [3.8, 4) is 5.75 Å². The van der Waals surface area contributed by atoms with Crippen LogP contribution in [-0.4, -0.2) is 56.6 Å². The molecule has 0 bridgehead atoms. The SMILES string of the molecule is CCOc1ccccc1N(CC(=O)N(Cc1ccccc1F)[C@@H](C)C(=O)NC1CCCCC1)S(=O)(=O)c1ccc(SC)cc1. The molecule has 1 saturated carbocycles. The fraction of sp³-hybridized carbons (Fsp3) is 0.394. The van der Waals surface area contributed by atoms with Gasteiger partial charge in [0.2, 0.25) is 11.8 Å². The number of halogens is 1. The molecule has 0 saturated heterocycles. The predicted octanol–water partition coefficient (Wildman–Crippen LogP) is 6.01. The first kappa shape index (κ1) is 33.3. The molecule has 0 aromatic heterocycles. The van der Waals surface area contributed by atoms with E-state index in [9.17, 15) is 22.4 Å². The summed E-state index contributed by atoms with van der Waals surface area (Å²) >= 11 is 1.48. The second-order valence-corrected chi connectivity index (χ2v) is 13.5. The van der Waals surface area contributed by atoms with Crippen LogP contribution in [0.25, 0.3) is 0 Å². The number of thioether (sulfide) groups is 1. The van der Waals surface area contributed by atoms with Gasteiger partial charge in [-0.3, -0.25) is 13.9 Å². The van der Waals surface area contributed by atoms with Crippen molar-refractivity contribution in [1.29, 1.82) is 0 Å². The molecule has 0 heterocycles. The summed E-state index contributed by atoms with van der Waals surface area (Å²) in [6, 6.07) is 18.1. The van der Waals surface area contributed by atoms with Crippen molar-refractivity contribution < 1.29 is 27.1 Å². The Morgan fingerprint density at radius 3 is 2.32 bits per heavy atom. The van der Waals surface area contributed by atoms with Crippen molar-refractivity contribution in [2.45, 2.75) is 74.4 Å². The van der Waals surface area contributed by atoms with Crippen LogP contribution in [-0.2, 0) is 26.2 Å². The van der Waals surface area contributed by atoms with E-state index < -0.39 is 34.3 Å². The zero-order valence-corrected chi connectivity index (χ0v) is 27.0. The van der Waals surface area contributed by atoms with E-state index in [4.69, 9.17) is 4.74 Å². The minimum atomic E-state index is -4.28. The minimum absolute atomic E-state index is 0.00172. The van der Waals surface area contributed by atoms with Gasteiger partial charge in [0.05, 0.1) is 17.2 Å². The van der Waals surface area contributed by atoms with Gasteiger partial charge in [0, 0.05) is 23.0 Å². The number of rotatable bonds is 13. The number of amides is 2. The summed E-state index contributed by atoms with van der Waals surface area (Å²) in [4.78, 5) is 29.8. The zero-order chi connectivity index (χ0) is 31.7. The summed E-state index contributed by atoms with van der Waals surface area (Å²) in [5.41, 5.74) is 0.400. The fourth-order valence-electron chi connectivity index (χ4n) is 5.29. The van der Waals surface area contributed by atoms with Gasteiger partial charge in [-0.15, -0.1) is 11.8 Å². The number of carbonyl (C=O) groups excluding carboxylic acids is 2. The molecular weight excluding hydrogens is 602 g/mol. The molecule has 8 nitrogen and oxygen atoms in total. The van der Waals surface area contributed by atoms with Gasteiger partial charge >= 0.3 is 0 Å². The smallest absolute Gasteiger partial charge is 0.264 e. The van der Waals surface area contributed by atoms with Crippen LogP contribution in [0.2, 0.25) is 0 Å². The number of nitrogens with zero attached hydrogens (tertiary/aromatic N) is 2. The molecule has 3 aromatic rings. The van der Waals surface area contributed by atoms with Gasteiger partial charge in [0.15, 0.2) is 0 Å². The zero-order valence-electron chi connectivity index (χ0n) is 25.4. The van der Waals surface area contributed by atoms with Crippen LogP contribution < -0.4 is 14.4 Å². The topological polar surface area (TPSA) is 96.0 Å². The molecule has 0 unspecified atom stereocenters. The Bertz CT molecular complexity index is 1530. The Kier molecular flexibility index (Phi) is 11.7. The molecule has 0 spiro atoms. The standard InChI is InChI=1S/C33H40FN3O5S2/c1-4-42-31-17-11-10-16-30(31)37(44(40,41)28-20-18-27(43-3)19-21-28)23-32(38)36(22-25-12-8-9-15-29(25)34)24(2)33(39)35-26-13-6-5-7-14-26/h8-12,15-21,24,26H,4-7,13-14,22-23H2,1-3H3,(H,35,39)/t24-/m0/s1. The molecule has 4 rings (SSSR count). The summed E-state index contributed by atoms with van der Waals surface area (Å²) < 4.78 is 50.0. The normalized spacial score (nSPS) is 14.5. The molecule has 0 radical (unpaired) electrons. The maximum Gasteiger partial charge on any atom is 0.264 e. The Morgan fingerprint density at radius 2 is 1.66 bits per heavy atom. The largest absolute Gasteiger partial charge is 0.492 e. The minimum Gasteiger partial charge on any atom is -0.492 e. The van der Waals surface area contributed by atoms with Gasteiger partial charge < -0.3 is 15.0 Å². The molecule has 11 heteroatoms. The van der Waals surface area contributed by atoms with Crippen molar-refractivity contribution in [1.82, 2.24) is 10.2 Å². The number of carbonyl (C=O) groups is 2. The van der Waals surface area contributed by atoms with E-state index in [0.717, 1.165) is 41.3 Å². The lowest BCUT2D eigenvalue weighted by Gasteiger charge is -2.33. The number of benzene rings is 3. The van der Waals surface area contributed by atoms with Crippen molar-refractivity contribution >= 4 is 39.3 Å². The number of sulfonamides is 1. The molecule has 1 aliphatic rings. The number of anilines is 1. The van der Waals surface area contributed by atoms with E-state index in [1.165, 1.54) is 34.9 Å². The van der Waals surface area contributed by atoms with Crippen LogP contribution >= 0.6 is 11.8 Å². The maximum atomic E-state index is 14.8. The van der Waals surface area contributed by atoms with Crippen LogP contribution in [0.1, 0.15) is 51.5 Å². The van der Waals surface area contributed by atoms with Crippen LogP contribution in [0.15, 0.2) is 82.6 Å². The summed E-state index contributed by atoms with van der Waals surface area (Å²) in [6.45, 7) is 2.80. The van der Waals surface area contributed by atoms with E-state index in [2.05, 4.69) is 5.32 Å². The summed E-state index contributed by atoms with van der Waals surface area (Å²) in [6.07, 6.45) is 6.75. The molecule has 1 aliphatic carbocycles. The second kappa shape index (κ2) is 15.4. The van der Waals surface area contributed by atoms with Crippen LogP contribution in [0, 0.1) is 5.82 Å². The Hall–Kier alpha value is -3.57. The third kappa shape index (κ3) is 8.12. The van der Waals surface area contributed by atoms with Gasteiger partial charge in [-0.1, -0.05) is 49.6 Å². The Labute approximate surface area is 264 Å². The van der Waals surface area contributed by atoms with Crippen LogP contribution in [0.5, 0.6) is 5.75 Å². The highest BCUT2D eigenvalue weighted by atomic mass is 32.2. The van der Waals surface area contributed by atoms with Crippen molar-refractivity contribution in [2.75, 3.05) is 23.7 Å². The first-order chi connectivity index (χ1) is 21.1. The van der Waals surface area contributed by atoms with Crippen LogP contribution in [0.4, 0.5) is 10.1 Å². The molecule has 1 fully saturated rings. The van der Waals surface area contributed by atoms with Crippen molar-refractivity contribution in [3.63, 3.8) is 0 Å². The quantitative estimate of drug-likeness (QED) is 0.230. The lowest BCUT2D eigenvalue weighted by Crippen LogP contribution is -2.53. The number of ether oxygens (including phenoxy) is 1. The van der Waals surface area contributed by atoms with E-state index in [0.29, 0.717) is 0 Å². The lowest BCUT2D eigenvalue weighted by molar-refractivity contribution is -0.139. The Morgan fingerprint density at radius 1 is 1.00 bits per heavy atom. The average molecular weight is 642 g/mol. The number of nitrogens with one attached hydrogen (secondary N) is 1. The first-order valence-electron chi connectivity index (χ1n) is 14.9. The second-order valence-electron chi connectivity index (χ2n) is 10.7. The van der Waals surface area contributed by atoms with Gasteiger partial charge in [0.25, 0.3) is 10.0 Å². The van der Waals surface area contributed by atoms with Crippen molar-refractivity contribution in [3.05, 3.63) is 84.2 Å².